The molecule has 0 heterocycles. The van der Waals surface area contributed by atoms with E-state index in [9.17, 15) is 27.6 Å². The molecule has 7 nitrogen and oxygen atoms in total. The van der Waals surface area contributed by atoms with E-state index in [0.29, 0.717) is 5.69 Å². The van der Waals surface area contributed by atoms with Crippen molar-refractivity contribution < 1.29 is 27.6 Å². The Morgan fingerprint density at radius 1 is 0.727 bits per heavy atom. The van der Waals surface area contributed by atoms with Crippen LogP contribution in [0.15, 0.2) is 78.9 Å². The highest BCUT2D eigenvalue weighted by atomic mass is 19.4. The average Bonchev–Trinajstić information content (AvgIpc) is 2.81. The van der Waals surface area contributed by atoms with Crippen molar-refractivity contribution in [3.63, 3.8) is 0 Å². The van der Waals surface area contributed by atoms with Gasteiger partial charge in [0.2, 0.25) is 0 Å². The lowest BCUT2D eigenvalue weighted by atomic mass is 10.1. The number of nitrogens with one attached hydrogen (secondary N) is 4. The van der Waals surface area contributed by atoms with Gasteiger partial charge in [0.1, 0.15) is 0 Å². The van der Waals surface area contributed by atoms with Gasteiger partial charge in [-0.25, -0.2) is 10.2 Å². The highest BCUT2D eigenvalue weighted by Crippen LogP contribution is 2.29. The maximum atomic E-state index is 12.8. The van der Waals surface area contributed by atoms with E-state index >= 15 is 0 Å². The zero-order chi connectivity index (χ0) is 23.8. The lowest BCUT2D eigenvalue weighted by Gasteiger charge is -2.11. The van der Waals surface area contributed by atoms with E-state index in [2.05, 4.69) is 21.5 Å². The van der Waals surface area contributed by atoms with Gasteiger partial charge in [-0.2, -0.15) is 13.2 Å². The second-order valence-electron chi connectivity index (χ2n) is 6.86. The minimum atomic E-state index is -4.49. The Morgan fingerprint density at radius 3 is 2.09 bits per heavy atom. The summed E-state index contributed by atoms with van der Waals surface area (Å²) in [5.74, 6) is -1.10. The van der Waals surface area contributed by atoms with Crippen LogP contribution in [0.5, 0.6) is 0 Å². The summed E-state index contributed by atoms with van der Waals surface area (Å²) in [6.07, 6.45) is -4.49. The van der Waals surface area contributed by atoms with Crippen molar-refractivity contribution in [3.8, 4) is 0 Å². The molecule has 0 fully saturated rings. The summed E-state index contributed by atoms with van der Waals surface area (Å²) in [5, 5.41) is 5.04. The molecule has 3 aromatic carbocycles. The first-order valence-electron chi connectivity index (χ1n) is 9.69. The number of hydrogen-bond acceptors (Lipinski definition) is 3. The molecule has 33 heavy (non-hydrogen) atoms. The number of amides is 4. The molecule has 0 spiro atoms. The number of anilines is 1. The number of carbonyl (C=O) groups excluding carboxylic acids is 3. The smallest absolute Gasteiger partial charge is 0.333 e. The predicted molar refractivity (Wildman–Crippen MR) is 115 cm³/mol. The van der Waals surface area contributed by atoms with Gasteiger partial charge in [0.05, 0.1) is 5.56 Å². The second kappa shape index (κ2) is 10.3. The Labute approximate surface area is 187 Å². The number of carbonyl (C=O) groups is 3. The fourth-order valence-electron chi connectivity index (χ4n) is 2.80. The zero-order valence-corrected chi connectivity index (χ0v) is 17.1. The van der Waals surface area contributed by atoms with Gasteiger partial charge < -0.3 is 10.6 Å². The summed E-state index contributed by atoms with van der Waals surface area (Å²) in [6.45, 7) is -0.180. The van der Waals surface area contributed by atoms with Crippen molar-refractivity contribution in [1.29, 1.82) is 0 Å². The average molecular weight is 456 g/mol. The van der Waals surface area contributed by atoms with Crippen molar-refractivity contribution >= 4 is 23.5 Å². The van der Waals surface area contributed by atoms with E-state index in [1.54, 1.807) is 24.3 Å². The largest absolute Gasteiger partial charge is 0.416 e. The molecular formula is C23H19F3N4O3. The summed E-state index contributed by atoms with van der Waals surface area (Å²) in [5.41, 5.74) is 4.65. The fraction of sp³-hybridized carbons (Fsp3) is 0.0870. The van der Waals surface area contributed by atoms with Crippen LogP contribution in [0.25, 0.3) is 0 Å². The molecule has 0 aromatic heterocycles. The first-order valence-corrected chi connectivity index (χ1v) is 9.69. The summed E-state index contributed by atoms with van der Waals surface area (Å²) >= 11 is 0. The van der Waals surface area contributed by atoms with Crippen molar-refractivity contribution in [2.45, 2.75) is 12.7 Å². The number of halogens is 3. The monoisotopic (exact) mass is 456 g/mol. The van der Waals surface area contributed by atoms with Crippen LogP contribution in [0.1, 0.15) is 31.8 Å². The zero-order valence-electron chi connectivity index (χ0n) is 17.1. The van der Waals surface area contributed by atoms with E-state index in [1.807, 2.05) is 6.07 Å². The van der Waals surface area contributed by atoms with Crippen molar-refractivity contribution in [3.05, 3.63) is 101 Å². The first-order chi connectivity index (χ1) is 15.7. The van der Waals surface area contributed by atoms with Crippen molar-refractivity contribution in [1.82, 2.24) is 16.2 Å². The first kappa shape index (κ1) is 23.3. The van der Waals surface area contributed by atoms with Crippen LogP contribution in [0.3, 0.4) is 0 Å². The molecule has 10 heteroatoms. The number of hydrogen-bond donors (Lipinski definition) is 4. The summed E-state index contributed by atoms with van der Waals surface area (Å²) in [4.78, 5) is 36.6. The van der Waals surface area contributed by atoms with Crippen molar-refractivity contribution in [2.75, 3.05) is 5.32 Å². The van der Waals surface area contributed by atoms with E-state index in [1.165, 1.54) is 36.4 Å². The number of para-hydroxylation sites is 1. The van der Waals surface area contributed by atoms with Crippen LogP contribution in [0.4, 0.5) is 23.7 Å². The van der Waals surface area contributed by atoms with Crippen LogP contribution >= 0.6 is 0 Å². The van der Waals surface area contributed by atoms with Crippen LogP contribution < -0.4 is 21.5 Å². The molecule has 3 aromatic rings. The topological polar surface area (TPSA) is 99.3 Å². The van der Waals surface area contributed by atoms with Gasteiger partial charge in [-0.1, -0.05) is 36.4 Å². The van der Waals surface area contributed by atoms with Crippen molar-refractivity contribution in [2.24, 2.45) is 0 Å². The Balaban J connectivity index is 1.52. The minimum absolute atomic E-state index is 0.119. The van der Waals surface area contributed by atoms with Crippen LogP contribution in [-0.2, 0) is 12.7 Å². The number of benzene rings is 3. The molecule has 4 N–H and O–H groups in total. The SMILES string of the molecule is O=C(NCc1cccc(C(F)(F)F)c1)NNC(=O)c1cccc(C(=O)Nc2ccccc2)c1. The number of rotatable bonds is 5. The molecule has 3 rings (SSSR count). The Kier molecular flexibility index (Phi) is 7.29. The summed E-state index contributed by atoms with van der Waals surface area (Å²) in [6, 6.07) is 18.3. The third-order valence-corrected chi connectivity index (χ3v) is 4.42. The molecule has 0 radical (unpaired) electrons. The standard InChI is InChI=1S/C23H19F3N4O3/c24-23(25,26)18-9-4-6-15(12-18)14-27-22(33)30-29-21(32)17-8-5-7-16(13-17)20(31)28-19-10-2-1-3-11-19/h1-13H,14H2,(H,28,31)(H,29,32)(H2,27,30,33). The quantitative estimate of drug-likeness (QED) is 0.435. The maximum Gasteiger partial charge on any atom is 0.416 e. The molecular weight excluding hydrogens is 437 g/mol. The lowest BCUT2D eigenvalue weighted by Crippen LogP contribution is -2.46. The Bertz CT molecular complexity index is 1150. The van der Waals surface area contributed by atoms with Gasteiger partial charge in [-0.3, -0.25) is 15.0 Å². The molecule has 170 valence electrons. The molecule has 0 unspecified atom stereocenters. The van der Waals surface area contributed by atoms with E-state index < -0.39 is 29.6 Å². The highest BCUT2D eigenvalue weighted by Gasteiger charge is 2.30. The van der Waals surface area contributed by atoms with E-state index in [4.69, 9.17) is 0 Å². The van der Waals surface area contributed by atoms with Crippen LogP contribution in [-0.4, -0.2) is 17.8 Å². The molecule has 0 saturated carbocycles. The van der Waals surface area contributed by atoms with E-state index in [0.717, 1.165) is 12.1 Å². The van der Waals surface area contributed by atoms with Gasteiger partial charge in [-0.05, 0) is 48.0 Å². The lowest BCUT2D eigenvalue weighted by molar-refractivity contribution is -0.137. The summed E-state index contributed by atoms with van der Waals surface area (Å²) in [7, 11) is 0. The van der Waals surface area contributed by atoms with Gasteiger partial charge in [0.15, 0.2) is 0 Å². The van der Waals surface area contributed by atoms with Gasteiger partial charge >= 0.3 is 12.2 Å². The molecule has 0 aliphatic rings. The normalized spacial score (nSPS) is 10.8. The second-order valence-corrected chi connectivity index (χ2v) is 6.86. The van der Waals surface area contributed by atoms with Gasteiger partial charge in [-0.15, -0.1) is 0 Å². The predicted octanol–water partition coefficient (Wildman–Crippen LogP) is 4.10. The number of alkyl halides is 3. The van der Waals surface area contributed by atoms with Crippen LogP contribution in [0.2, 0.25) is 0 Å². The molecule has 0 aliphatic heterocycles. The van der Waals surface area contributed by atoms with E-state index in [-0.39, 0.29) is 23.2 Å². The third-order valence-electron chi connectivity index (χ3n) is 4.42. The Morgan fingerprint density at radius 2 is 1.39 bits per heavy atom. The molecule has 0 aliphatic carbocycles. The van der Waals surface area contributed by atoms with Crippen LogP contribution in [0, 0.1) is 0 Å². The van der Waals surface area contributed by atoms with Gasteiger partial charge in [0.25, 0.3) is 11.8 Å². The molecule has 0 saturated heterocycles. The summed E-state index contributed by atoms with van der Waals surface area (Å²) < 4.78 is 38.3. The maximum absolute atomic E-state index is 12.8. The highest BCUT2D eigenvalue weighted by molar-refractivity contribution is 6.06. The van der Waals surface area contributed by atoms with Gasteiger partial charge in [0, 0.05) is 23.4 Å². The minimum Gasteiger partial charge on any atom is -0.333 e. The number of hydrazine groups is 1. The molecule has 0 bridgehead atoms. The molecule has 4 amide bonds. The Hall–Kier alpha value is -4.34. The fourth-order valence-corrected chi connectivity index (χ4v) is 2.80. The number of urea groups is 1. The molecule has 0 atom stereocenters. The third kappa shape index (κ3) is 6.82.